The van der Waals surface area contributed by atoms with Gasteiger partial charge in [-0.2, -0.15) is 0 Å². The van der Waals surface area contributed by atoms with Crippen LogP contribution < -0.4 is 25.8 Å². The number of hydrogen-bond acceptors (Lipinski definition) is 7. The Morgan fingerprint density at radius 2 is 1.64 bits per heavy atom. The fourth-order valence-corrected chi connectivity index (χ4v) is 6.76. The summed E-state index contributed by atoms with van der Waals surface area (Å²) in [6.45, 7) is 20.5. The van der Waals surface area contributed by atoms with E-state index < -0.39 is 44.0 Å². The molecule has 0 aliphatic carbocycles. The molecule has 1 aliphatic rings. The van der Waals surface area contributed by atoms with Crippen molar-refractivity contribution in [3.05, 3.63) is 63.2 Å². The van der Waals surface area contributed by atoms with Crippen LogP contribution in [0, 0.1) is 9.49 Å². The molecule has 2 aromatic rings. The highest BCUT2D eigenvalue weighted by atomic mass is 127. The number of ether oxygens (including phenoxy) is 1. The maximum Gasteiger partial charge on any atom is 0.408 e. The molecule has 11 nitrogen and oxygen atoms in total. The maximum absolute atomic E-state index is 14.3. The van der Waals surface area contributed by atoms with E-state index in [9.17, 15) is 19.2 Å². The van der Waals surface area contributed by atoms with E-state index in [2.05, 4.69) is 77.8 Å². The molecule has 4 N–H and O–H groups in total. The number of amides is 4. The molecule has 0 aromatic heterocycles. The summed E-state index contributed by atoms with van der Waals surface area (Å²) in [6, 6.07) is 12.9. The van der Waals surface area contributed by atoms with Crippen molar-refractivity contribution in [3.8, 4) is 5.75 Å². The molecular formula is C37H56IN5O6Si. The number of halogens is 1. The summed E-state index contributed by atoms with van der Waals surface area (Å²) >= 11 is 2.23. The molecule has 13 heteroatoms. The van der Waals surface area contributed by atoms with Gasteiger partial charge in [-0.05, 0) is 116 Å². The van der Waals surface area contributed by atoms with Gasteiger partial charge in [-0.1, -0.05) is 58.9 Å². The lowest BCUT2D eigenvalue weighted by Crippen LogP contribution is -2.62. The first-order chi connectivity index (χ1) is 23.1. The minimum atomic E-state index is -2.14. The molecular weight excluding hydrogens is 765 g/mol. The minimum Gasteiger partial charge on any atom is -0.543 e. The highest BCUT2D eigenvalue weighted by molar-refractivity contribution is 14.1. The third-order valence-electron chi connectivity index (χ3n) is 8.88. The van der Waals surface area contributed by atoms with Gasteiger partial charge in [0.05, 0.1) is 0 Å². The standard InChI is InChI=1S/C37H56IN5O6Si/c1-24(2)31(41-35(47)48-36(3,4)5)33(45)40-30(22-25-14-12-17-28(21-25)49-50(9,10)37(6,7)8)34(46)43-19-13-18-29(42-43)32(44)39-23-26-15-11-16-27(38)20-26/h11-12,14-17,20-21,24,29-31,42H,13,18-19,22-23H2,1-10H3,(H,39,44)(H,40,45)(H,41,47)/t29-,30-,31-/m0/s1. The zero-order chi connectivity index (χ0) is 37.4. The highest BCUT2D eigenvalue weighted by Gasteiger charge is 2.39. The van der Waals surface area contributed by atoms with Crippen LogP contribution >= 0.6 is 22.6 Å². The molecule has 0 bridgehead atoms. The molecule has 0 spiro atoms. The van der Waals surface area contributed by atoms with E-state index in [0.29, 0.717) is 31.7 Å². The summed E-state index contributed by atoms with van der Waals surface area (Å²) in [5.41, 5.74) is 4.15. The zero-order valence-corrected chi connectivity index (χ0v) is 34.4. The first-order valence-corrected chi connectivity index (χ1v) is 21.3. The normalized spacial score (nSPS) is 16.6. The summed E-state index contributed by atoms with van der Waals surface area (Å²) in [5, 5.41) is 10.0. The Bertz CT molecular complexity index is 1510. The van der Waals surface area contributed by atoms with Gasteiger partial charge < -0.3 is 25.1 Å². The Hall–Kier alpha value is -3.17. The Morgan fingerprint density at radius 3 is 2.26 bits per heavy atom. The molecule has 0 unspecified atom stereocenters. The topological polar surface area (TPSA) is 138 Å². The average molecular weight is 822 g/mol. The van der Waals surface area contributed by atoms with E-state index in [1.807, 2.05) is 62.4 Å². The summed E-state index contributed by atoms with van der Waals surface area (Å²) < 4.78 is 13.0. The molecule has 276 valence electrons. The molecule has 3 rings (SSSR count). The predicted octanol–water partition coefficient (Wildman–Crippen LogP) is 6.06. The van der Waals surface area contributed by atoms with Gasteiger partial charge in [0, 0.05) is 23.1 Å². The molecule has 1 fully saturated rings. The quantitative estimate of drug-likeness (QED) is 0.151. The molecule has 50 heavy (non-hydrogen) atoms. The number of alkyl carbamates (subject to hydrolysis) is 1. The lowest BCUT2D eigenvalue weighted by molar-refractivity contribution is -0.143. The molecule has 0 saturated carbocycles. The lowest BCUT2D eigenvalue weighted by atomic mass is 10.0. The molecule has 1 saturated heterocycles. The first-order valence-electron chi connectivity index (χ1n) is 17.3. The number of nitrogens with zero attached hydrogens (tertiary/aromatic N) is 1. The van der Waals surface area contributed by atoms with Crippen LogP contribution in [0.3, 0.4) is 0 Å². The highest BCUT2D eigenvalue weighted by Crippen LogP contribution is 2.37. The Labute approximate surface area is 312 Å². The molecule has 1 aliphatic heterocycles. The summed E-state index contributed by atoms with van der Waals surface area (Å²) in [7, 11) is -2.14. The van der Waals surface area contributed by atoms with Crippen LogP contribution in [-0.4, -0.2) is 67.4 Å². The third-order valence-corrected chi connectivity index (χ3v) is 13.9. The molecule has 2 aromatic carbocycles. The molecule has 1 heterocycles. The van der Waals surface area contributed by atoms with Crippen LogP contribution in [0.5, 0.6) is 5.75 Å². The number of carbonyl (C=O) groups excluding carboxylic acids is 4. The van der Waals surface area contributed by atoms with Crippen molar-refractivity contribution in [1.82, 2.24) is 26.4 Å². The van der Waals surface area contributed by atoms with Crippen molar-refractivity contribution in [2.24, 2.45) is 5.92 Å². The van der Waals surface area contributed by atoms with Gasteiger partial charge in [0.1, 0.15) is 29.5 Å². The maximum atomic E-state index is 14.3. The van der Waals surface area contributed by atoms with Crippen LogP contribution in [0.1, 0.15) is 79.4 Å². The molecule has 3 atom stereocenters. The summed E-state index contributed by atoms with van der Waals surface area (Å²) in [5.74, 6) is -0.697. The Morgan fingerprint density at radius 1 is 0.980 bits per heavy atom. The molecule has 4 amide bonds. The predicted molar refractivity (Wildman–Crippen MR) is 207 cm³/mol. The van der Waals surface area contributed by atoms with Crippen molar-refractivity contribution in [2.45, 2.75) is 123 Å². The van der Waals surface area contributed by atoms with E-state index >= 15 is 0 Å². The number of carbonyl (C=O) groups is 4. The number of benzene rings is 2. The Kier molecular flexibility index (Phi) is 14.3. The summed E-state index contributed by atoms with van der Waals surface area (Å²) in [4.78, 5) is 53.9. The second-order valence-corrected chi connectivity index (χ2v) is 21.8. The first kappa shape index (κ1) is 41.2. The van der Waals surface area contributed by atoms with Crippen LogP contribution in [-0.2, 0) is 32.1 Å². The minimum absolute atomic E-state index is 0.00898. The van der Waals surface area contributed by atoms with Crippen LogP contribution in [0.4, 0.5) is 4.79 Å². The van der Waals surface area contributed by atoms with E-state index in [0.717, 1.165) is 14.7 Å². The van der Waals surface area contributed by atoms with Gasteiger partial charge in [0.25, 0.3) is 5.91 Å². The van der Waals surface area contributed by atoms with Gasteiger partial charge in [-0.3, -0.25) is 19.4 Å². The van der Waals surface area contributed by atoms with Crippen LogP contribution in [0.15, 0.2) is 48.5 Å². The van der Waals surface area contributed by atoms with Crippen molar-refractivity contribution >= 4 is 54.7 Å². The zero-order valence-electron chi connectivity index (χ0n) is 31.2. The van der Waals surface area contributed by atoms with Gasteiger partial charge in [0.15, 0.2) is 0 Å². The smallest absolute Gasteiger partial charge is 0.408 e. The van der Waals surface area contributed by atoms with Gasteiger partial charge in [-0.15, -0.1) is 0 Å². The van der Waals surface area contributed by atoms with Crippen molar-refractivity contribution in [3.63, 3.8) is 0 Å². The SMILES string of the molecule is CC(C)[C@H](NC(=O)OC(C)(C)C)C(=O)N[C@@H](Cc1cccc(O[Si](C)(C)C(C)(C)C)c1)C(=O)N1CCC[C@@H](C(=O)NCc2cccc(I)c2)N1. The monoisotopic (exact) mass is 821 g/mol. The molecule has 0 radical (unpaired) electrons. The summed E-state index contributed by atoms with van der Waals surface area (Å²) in [6.07, 6.45) is 0.603. The fourth-order valence-electron chi connectivity index (χ4n) is 5.13. The van der Waals surface area contributed by atoms with Gasteiger partial charge in [0.2, 0.25) is 20.1 Å². The van der Waals surface area contributed by atoms with Crippen molar-refractivity contribution < 1.29 is 28.3 Å². The van der Waals surface area contributed by atoms with E-state index in [-0.39, 0.29) is 29.2 Å². The largest absolute Gasteiger partial charge is 0.543 e. The fraction of sp³-hybridized carbons (Fsp3) is 0.568. The lowest BCUT2D eigenvalue weighted by Gasteiger charge is -2.37. The second kappa shape index (κ2) is 17.4. The van der Waals surface area contributed by atoms with Gasteiger partial charge >= 0.3 is 6.09 Å². The van der Waals surface area contributed by atoms with Crippen LogP contribution in [0.25, 0.3) is 0 Å². The van der Waals surface area contributed by atoms with Gasteiger partial charge in [-0.25, -0.2) is 10.2 Å². The second-order valence-electron chi connectivity index (χ2n) is 15.8. The van der Waals surface area contributed by atoms with E-state index in [4.69, 9.17) is 9.16 Å². The van der Waals surface area contributed by atoms with Crippen LogP contribution in [0.2, 0.25) is 18.1 Å². The Balaban J connectivity index is 1.84. The number of rotatable bonds is 12. The van der Waals surface area contributed by atoms with Crippen molar-refractivity contribution in [1.29, 1.82) is 0 Å². The number of nitrogens with one attached hydrogen (secondary N) is 4. The van der Waals surface area contributed by atoms with Crippen molar-refractivity contribution in [2.75, 3.05) is 6.54 Å². The number of hydrogen-bond donors (Lipinski definition) is 4. The average Bonchev–Trinajstić information content (AvgIpc) is 3.00. The third kappa shape index (κ3) is 12.6. The van der Waals surface area contributed by atoms with E-state index in [1.165, 1.54) is 5.01 Å². The number of hydrazine groups is 1. The van der Waals surface area contributed by atoms with E-state index in [1.54, 1.807) is 20.8 Å².